The molecule has 1 aliphatic heterocycles. The van der Waals surface area contributed by atoms with Gasteiger partial charge in [0.1, 0.15) is 12.3 Å². The van der Waals surface area contributed by atoms with Gasteiger partial charge < -0.3 is 10.0 Å². The van der Waals surface area contributed by atoms with Crippen LogP contribution in [0.25, 0.3) is 0 Å². The minimum absolute atomic E-state index is 0.0304. The molecule has 1 heterocycles. The molecule has 1 aromatic rings. The topological polar surface area (TPSA) is 24.7 Å². The fourth-order valence-electron chi connectivity index (χ4n) is 3.46. The molecular formula is C20H34NO+. The Kier molecular flexibility index (Phi) is 4.91. The third-order valence-electron chi connectivity index (χ3n) is 4.80. The van der Waals surface area contributed by atoms with E-state index in [1.165, 1.54) is 37.9 Å². The van der Waals surface area contributed by atoms with Crippen LogP contribution in [0.2, 0.25) is 0 Å². The van der Waals surface area contributed by atoms with E-state index >= 15 is 0 Å². The Balaban J connectivity index is 2.41. The molecule has 0 radical (unpaired) electrons. The molecule has 124 valence electrons. The van der Waals surface area contributed by atoms with E-state index < -0.39 is 0 Å². The fourth-order valence-corrected chi connectivity index (χ4v) is 3.46. The summed E-state index contributed by atoms with van der Waals surface area (Å²) in [6, 6.07) is 4.48. The van der Waals surface area contributed by atoms with Crippen molar-refractivity contribution in [3.8, 4) is 5.75 Å². The third-order valence-corrected chi connectivity index (χ3v) is 4.80. The molecule has 0 atom stereocenters. The average Bonchev–Trinajstić information content (AvgIpc) is 2.39. The molecular weight excluding hydrogens is 270 g/mol. The molecule has 2 N–H and O–H groups in total. The monoisotopic (exact) mass is 304 g/mol. The molecule has 0 bridgehead atoms. The van der Waals surface area contributed by atoms with Gasteiger partial charge in [-0.1, -0.05) is 41.5 Å². The van der Waals surface area contributed by atoms with Gasteiger partial charge in [0.05, 0.1) is 13.1 Å². The van der Waals surface area contributed by atoms with Crippen LogP contribution in [0, 0.1) is 0 Å². The predicted octanol–water partition coefficient (Wildman–Crippen LogP) is 3.56. The maximum atomic E-state index is 10.8. The van der Waals surface area contributed by atoms with E-state index in [4.69, 9.17) is 0 Å². The fraction of sp³-hybridized carbons (Fsp3) is 0.700. The lowest BCUT2D eigenvalue weighted by Crippen LogP contribution is -3.11. The maximum Gasteiger partial charge on any atom is 0.123 e. The minimum atomic E-state index is -0.0304. The van der Waals surface area contributed by atoms with Gasteiger partial charge in [-0.05, 0) is 42.2 Å². The zero-order valence-electron chi connectivity index (χ0n) is 15.3. The molecule has 0 unspecified atom stereocenters. The quantitative estimate of drug-likeness (QED) is 0.858. The van der Waals surface area contributed by atoms with E-state index in [2.05, 4.69) is 53.7 Å². The molecule has 2 rings (SSSR count). The highest BCUT2D eigenvalue weighted by Gasteiger charge is 2.27. The van der Waals surface area contributed by atoms with Crippen LogP contribution < -0.4 is 4.90 Å². The van der Waals surface area contributed by atoms with Crippen LogP contribution in [-0.2, 0) is 17.4 Å². The van der Waals surface area contributed by atoms with Crippen LogP contribution in [0.4, 0.5) is 0 Å². The van der Waals surface area contributed by atoms with Crippen molar-refractivity contribution in [2.24, 2.45) is 0 Å². The first kappa shape index (κ1) is 17.3. The summed E-state index contributed by atoms with van der Waals surface area (Å²) >= 11 is 0. The maximum absolute atomic E-state index is 10.8. The van der Waals surface area contributed by atoms with E-state index in [0.29, 0.717) is 5.75 Å². The second kappa shape index (κ2) is 6.23. The highest BCUT2D eigenvalue weighted by molar-refractivity contribution is 5.49. The van der Waals surface area contributed by atoms with Crippen molar-refractivity contribution in [2.75, 3.05) is 13.1 Å². The third kappa shape index (κ3) is 4.04. The van der Waals surface area contributed by atoms with Gasteiger partial charge in [0.15, 0.2) is 0 Å². The van der Waals surface area contributed by atoms with Crippen LogP contribution in [-0.4, -0.2) is 18.2 Å². The van der Waals surface area contributed by atoms with Crippen molar-refractivity contribution in [2.45, 2.75) is 78.2 Å². The standard InChI is InChI=1S/C20H33NO/c1-19(2,3)16-12-15(14-21-10-8-7-9-11-21)13-17(18(16)22)20(4,5)6/h12-13,22H,7-11,14H2,1-6H3/p+1. The van der Waals surface area contributed by atoms with E-state index in [1.54, 1.807) is 4.90 Å². The molecule has 1 aromatic carbocycles. The Labute approximate surface area is 136 Å². The second-order valence-electron chi connectivity index (χ2n) is 9.03. The van der Waals surface area contributed by atoms with Crippen LogP contribution in [0.3, 0.4) is 0 Å². The number of aromatic hydroxyl groups is 1. The van der Waals surface area contributed by atoms with Gasteiger partial charge in [-0.2, -0.15) is 0 Å². The first-order chi connectivity index (χ1) is 10.1. The normalized spacial score (nSPS) is 17.7. The summed E-state index contributed by atoms with van der Waals surface area (Å²) in [5.74, 6) is 0.498. The van der Waals surface area contributed by atoms with Gasteiger partial charge in [0, 0.05) is 16.7 Å². The molecule has 22 heavy (non-hydrogen) atoms. The molecule has 0 saturated carbocycles. The summed E-state index contributed by atoms with van der Waals surface area (Å²) in [7, 11) is 0. The van der Waals surface area contributed by atoms with Gasteiger partial charge in [-0.25, -0.2) is 0 Å². The van der Waals surface area contributed by atoms with Crippen molar-refractivity contribution >= 4 is 0 Å². The van der Waals surface area contributed by atoms with E-state index in [9.17, 15) is 5.11 Å². The molecule has 0 aliphatic carbocycles. The Morgan fingerprint density at radius 2 is 1.32 bits per heavy atom. The van der Waals surface area contributed by atoms with E-state index in [1.807, 2.05) is 0 Å². The summed E-state index contributed by atoms with van der Waals surface area (Å²) in [6.45, 7) is 16.8. The number of rotatable bonds is 2. The van der Waals surface area contributed by atoms with Gasteiger partial charge in [-0.15, -0.1) is 0 Å². The molecule has 2 nitrogen and oxygen atoms in total. The number of hydrogen-bond acceptors (Lipinski definition) is 1. The first-order valence-electron chi connectivity index (χ1n) is 8.79. The van der Waals surface area contributed by atoms with E-state index in [0.717, 1.165) is 17.7 Å². The van der Waals surface area contributed by atoms with Crippen LogP contribution in [0.15, 0.2) is 12.1 Å². The Morgan fingerprint density at radius 1 is 0.864 bits per heavy atom. The minimum Gasteiger partial charge on any atom is -0.507 e. The Hall–Kier alpha value is -1.02. The number of benzene rings is 1. The predicted molar refractivity (Wildman–Crippen MR) is 93.8 cm³/mol. The van der Waals surface area contributed by atoms with Crippen molar-refractivity contribution in [3.63, 3.8) is 0 Å². The van der Waals surface area contributed by atoms with Crippen molar-refractivity contribution in [1.82, 2.24) is 0 Å². The molecule has 1 fully saturated rings. The van der Waals surface area contributed by atoms with Gasteiger partial charge in [0.25, 0.3) is 0 Å². The summed E-state index contributed by atoms with van der Waals surface area (Å²) in [4.78, 5) is 1.69. The number of quaternary nitrogens is 1. The molecule has 2 heteroatoms. The zero-order valence-corrected chi connectivity index (χ0v) is 15.3. The Bertz CT molecular complexity index is 478. The number of phenols is 1. The lowest BCUT2D eigenvalue weighted by molar-refractivity contribution is -0.918. The highest BCUT2D eigenvalue weighted by Crippen LogP contribution is 2.39. The number of hydrogen-bond donors (Lipinski definition) is 2. The number of nitrogens with one attached hydrogen (secondary N) is 1. The van der Waals surface area contributed by atoms with Crippen molar-refractivity contribution < 1.29 is 10.0 Å². The summed E-state index contributed by atoms with van der Waals surface area (Å²) in [5, 5.41) is 10.8. The summed E-state index contributed by atoms with van der Waals surface area (Å²) in [5.41, 5.74) is 3.50. The lowest BCUT2D eigenvalue weighted by Gasteiger charge is -2.29. The van der Waals surface area contributed by atoms with Crippen molar-refractivity contribution in [1.29, 1.82) is 0 Å². The Morgan fingerprint density at radius 3 is 1.73 bits per heavy atom. The second-order valence-corrected chi connectivity index (χ2v) is 9.03. The average molecular weight is 304 g/mol. The van der Waals surface area contributed by atoms with Crippen LogP contribution in [0.1, 0.15) is 77.5 Å². The molecule has 0 aromatic heterocycles. The lowest BCUT2D eigenvalue weighted by atomic mass is 9.78. The number of piperidine rings is 1. The largest absolute Gasteiger partial charge is 0.507 e. The van der Waals surface area contributed by atoms with Crippen LogP contribution >= 0.6 is 0 Å². The van der Waals surface area contributed by atoms with Gasteiger partial charge in [0.2, 0.25) is 0 Å². The first-order valence-corrected chi connectivity index (χ1v) is 8.79. The molecule has 1 saturated heterocycles. The van der Waals surface area contributed by atoms with Crippen LogP contribution in [0.5, 0.6) is 5.75 Å². The zero-order chi connectivity index (χ0) is 16.5. The molecule has 0 amide bonds. The molecule has 1 aliphatic rings. The van der Waals surface area contributed by atoms with Gasteiger partial charge in [-0.3, -0.25) is 0 Å². The van der Waals surface area contributed by atoms with Crippen molar-refractivity contribution in [3.05, 3.63) is 28.8 Å². The summed E-state index contributed by atoms with van der Waals surface area (Å²) in [6.07, 6.45) is 4.09. The SMILES string of the molecule is CC(C)(C)c1cc(C[NH+]2CCCCC2)cc(C(C)(C)C)c1O. The summed E-state index contributed by atoms with van der Waals surface area (Å²) < 4.78 is 0. The smallest absolute Gasteiger partial charge is 0.123 e. The highest BCUT2D eigenvalue weighted by atomic mass is 16.3. The van der Waals surface area contributed by atoms with E-state index in [-0.39, 0.29) is 10.8 Å². The molecule has 0 spiro atoms. The number of likely N-dealkylation sites (tertiary alicyclic amines) is 1. The van der Waals surface area contributed by atoms with Gasteiger partial charge >= 0.3 is 0 Å². The number of phenolic OH excluding ortho intramolecular Hbond substituents is 1.